The highest BCUT2D eigenvalue weighted by Gasteiger charge is 2.48. The summed E-state index contributed by atoms with van der Waals surface area (Å²) < 4.78 is 0. The number of carbonyl (C=O) groups excluding carboxylic acids is 1. The second kappa shape index (κ2) is 7.28. The predicted molar refractivity (Wildman–Crippen MR) is 89.4 cm³/mol. The molecule has 3 nitrogen and oxygen atoms in total. The van der Waals surface area contributed by atoms with Crippen molar-refractivity contribution in [3.05, 3.63) is 35.9 Å². The zero-order valence-corrected chi connectivity index (χ0v) is 14.0. The Morgan fingerprint density at radius 2 is 2.00 bits per heavy atom. The molecule has 1 aliphatic rings. The zero-order valence-electron chi connectivity index (χ0n) is 14.0. The Kier molecular flexibility index (Phi) is 5.63. The first-order valence-electron chi connectivity index (χ1n) is 8.48. The van der Waals surface area contributed by atoms with Crippen LogP contribution in [-0.2, 0) is 11.2 Å². The number of carbonyl (C=O) groups is 1. The largest absolute Gasteiger partial charge is 0.380 e. The van der Waals surface area contributed by atoms with Crippen LogP contribution in [-0.4, -0.2) is 23.2 Å². The fraction of sp³-hybridized carbons (Fsp3) is 0.632. The van der Waals surface area contributed by atoms with Gasteiger partial charge < -0.3 is 10.4 Å². The number of hydrogen-bond donors (Lipinski definition) is 2. The van der Waals surface area contributed by atoms with E-state index in [4.69, 9.17) is 0 Å². The van der Waals surface area contributed by atoms with Gasteiger partial charge in [-0.1, -0.05) is 57.5 Å². The lowest BCUT2D eigenvalue weighted by Crippen LogP contribution is -2.56. The van der Waals surface area contributed by atoms with E-state index in [2.05, 4.69) is 38.2 Å². The summed E-state index contributed by atoms with van der Waals surface area (Å²) in [4.78, 5) is 12.6. The first-order valence-corrected chi connectivity index (χ1v) is 8.48. The molecule has 1 aromatic carbocycles. The molecule has 2 N–H and O–H groups in total. The minimum absolute atomic E-state index is 0.0559. The average molecular weight is 303 g/mol. The van der Waals surface area contributed by atoms with Gasteiger partial charge in [-0.2, -0.15) is 0 Å². The van der Waals surface area contributed by atoms with Crippen LogP contribution >= 0.6 is 0 Å². The quantitative estimate of drug-likeness (QED) is 0.878. The van der Waals surface area contributed by atoms with Crippen LogP contribution in [0.3, 0.4) is 0 Å². The molecule has 0 aromatic heterocycles. The molecule has 1 aromatic rings. The van der Waals surface area contributed by atoms with Crippen LogP contribution in [0.25, 0.3) is 0 Å². The number of nitrogens with one attached hydrogen (secondary N) is 1. The van der Waals surface area contributed by atoms with Gasteiger partial charge in [0.15, 0.2) is 0 Å². The van der Waals surface area contributed by atoms with E-state index in [9.17, 15) is 9.90 Å². The molecule has 0 saturated heterocycles. The molecular weight excluding hydrogens is 274 g/mol. The van der Waals surface area contributed by atoms with Crippen molar-refractivity contribution in [2.24, 2.45) is 17.8 Å². The molecule has 1 saturated carbocycles. The van der Waals surface area contributed by atoms with Crippen molar-refractivity contribution in [3.8, 4) is 0 Å². The van der Waals surface area contributed by atoms with Gasteiger partial charge in [0.2, 0.25) is 0 Å². The van der Waals surface area contributed by atoms with Gasteiger partial charge in [-0.25, -0.2) is 0 Å². The van der Waals surface area contributed by atoms with Gasteiger partial charge in [0, 0.05) is 6.54 Å². The smallest absolute Gasteiger partial charge is 0.252 e. The van der Waals surface area contributed by atoms with Crippen molar-refractivity contribution in [2.75, 3.05) is 6.54 Å². The highest BCUT2D eigenvalue weighted by atomic mass is 16.3. The van der Waals surface area contributed by atoms with E-state index in [1.54, 1.807) is 0 Å². The molecule has 0 radical (unpaired) electrons. The van der Waals surface area contributed by atoms with Crippen molar-refractivity contribution in [1.29, 1.82) is 0 Å². The van der Waals surface area contributed by atoms with Crippen molar-refractivity contribution in [1.82, 2.24) is 5.32 Å². The Balaban J connectivity index is 1.96. The minimum atomic E-state index is -1.21. The van der Waals surface area contributed by atoms with E-state index in [1.165, 1.54) is 5.56 Å². The molecule has 2 rings (SSSR count). The Morgan fingerprint density at radius 1 is 1.32 bits per heavy atom. The van der Waals surface area contributed by atoms with Gasteiger partial charge in [-0.15, -0.1) is 0 Å². The fourth-order valence-electron chi connectivity index (χ4n) is 3.75. The Bertz CT molecular complexity index is 485. The molecule has 0 heterocycles. The second-order valence-electron chi connectivity index (χ2n) is 7.15. The summed E-state index contributed by atoms with van der Waals surface area (Å²) in [6.45, 7) is 6.90. The molecule has 3 atom stereocenters. The standard InChI is InChI=1S/C19H29NO2/c1-14(2)17-10-9-15(3)13-19(17,22)18(21)20-12-11-16-7-5-4-6-8-16/h4-8,14-15,17,22H,9-13H2,1-3H3,(H,20,21)/t15-,17+,19+/m1/s1. The van der Waals surface area contributed by atoms with E-state index < -0.39 is 5.60 Å². The van der Waals surface area contributed by atoms with Crippen LogP contribution in [0, 0.1) is 17.8 Å². The molecule has 1 fully saturated rings. The Labute approximate surface area is 134 Å². The highest BCUT2D eigenvalue weighted by Crippen LogP contribution is 2.41. The maximum absolute atomic E-state index is 12.6. The van der Waals surface area contributed by atoms with E-state index >= 15 is 0 Å². The molecule has 1 aliphatic carbocycles. The number of amides is 1. The summed E-state index contributed by atoms with van der Waals surface area (Å²) in [6, 6.07) is 10.1. The van der Waals surface area contributed by atoms with Crippen molar-refractivity contribution < 1.29 is 9.90 Å². The number of rotatable bonds is 5. The van der Waals surface area contributed by atoms with E-state index in [1.807, 2.05) is 18.2 Å². The number of hydrogen-bond acceptors (Lipinski definition) is 2. The van der Waals surface area contributed by atoms with Crippen LogP contribution < -0.4 is 5.32 Å². The van der Waals surface area contributed by atoms with Crippen LogP contribution in [0.2, 0.25) is 0 Å². The normalized spacial score (nSPS) is 28.6. The first-order chi connectivity index (χ1) is 10.4. The molecule has 0 unspecified atom stereocenters. The van der Waals surface area contributed by atoms with Crippen LogP contribution in [0.4, 0.5) is 0 Å². The van der Waals surface area contributed by atoms with Gasteiger partial charge in [0.1, 0.15) is 5.60 Å². The Morgan fingerprint density at radius 3 is 2.64 bits per heavy atom. The molecule has 22 heavy (non-hydrogen) atoms. The summed E-state index contributed by atoms with van der Waals surface area (Å²) in [5.74, 6) is 0.589. The maximum atomic E-state index is 12.6. The molecule has 3 heteroatoms. The molecule has 0 spiro atoms. The van der Waals surface area contributed by atoms with Crippen LogP contribution in [0.1, 0.15) is 45.6 Å². The van der Waals surface area contributed by atoms with Crippen molar-refractivity contribution >= 4 is 5.91 Å². The number of aliphatic hydroxyl groups is 1. The van der Waals surface area contributed by atoms with Crippen molar-refractivity contribution in [2.45, 2.75) is 52.1 Å². The maximum Gasteiger partial charge on any atom is 0.252 e. The lowest BCUT2D eigenvalue weighted by molar-refractivity contribution is -0.155. The summed E-state index contributed by atoms with van der Waals surface area (Å²) in [7, 11) is 0. The van der Waals surface area contributed by atoms with Crippen molar-refractivity contribution in [3.63, 3.8) is 0 Å². The predicted octanol–water partition coefficient (Wildman–Crippen LogP) is 3.17. The zero-order chi connectivity index (χ0) is 16.2. The molecule has 122 valence electrons. The van der Waals surface area contributed by atoms with Gasteiger partial charge in [0.25, 0.3) is 5.91 Å². The highest BCUT2D eigenvalue weighted by molar-refractivity contribution is 5.85. The van der Waals surface area contributed by atoms with Gasteiger partial charge in [-0.3, -0.25) is 4.79 Å². The lowest BCUT2D eigenvalue weighted by atomic mass is 9.66. The minimum Gasteiger partial charge on any atom is -0.380 e. The first kappa shape index (κ1) is 17.0. The monoisotopic (exact) mass is 303 g/mol. The lowest BCUT2D eigenvalue weighted by Gasteiger charge is -2.43. The van der Waals surface area contributed by atoms with Crippen LogP contribution in [0.5, 0.6) is 0 Å². The molecule has 0 aliphatic heterocycles. The van der Waals surface area contributed by atoms with E-state index in [-0.39, 0.29) is 11.8 Å². The Hall–Kier alpha value is -1.35. The third-order valence-corrected chi connectivity index (χ3v) is 4.98. The topological polar surface area (TPSA) is 49.3 Å². The number of benzene rings is 1. The second-order valence-corrected chi connectivity index (χ2v) is 7.15. The third kappa shape index (κ3) is 3.89. The average Bonchev–Trinajstić information content (AvgIpc) is 2.47. The van der Waals surface area contributed by atoms with E-state index in [0.29, 0.717) is 24.8 Å². The summed E-state index contributed by atoms with van der Waals surface area (Å²) >= 11 is 0. The summed E-state index contributed by atoms with van der Waals surface area (Å²) in [6.07, 6.45) is 3.40. The summed E-state index contributed by atoms with van der Waals surface area (Å²) in [5.41, 5.74) is -0.00471. The third-order valence-electron chi connectivity index (χ3n) is 4.98. The van der Waals surface area contributed by atoms with E-state index in [0.717, 1.165) is 19.3 Å². The SMILES string of the molecule is CC(C)[C@@H]1CC[C@@H](C)C[C@@]1(O)C(=O)NCCc1ccccc1. The fourth-order valence-corrected chi connectivity index (χ4v) is 3.75. The van der Waals surface area contributed by atoms with Gasteiger partial charge in [0.05, 0.1) is 0 Å². The molecular formula is C19H29NO2. The molecule has 0 bridgehead atoms. The van der Waals surface area contributed by atoms with Gasteiger partial charge >= 0.3 is 0 Å². The molecule has 1 amide bonds. The van der Waals surface area contributed by atoms with Gasteiger partial charge in [-0.05, 0) is 42.6 Å². The summed E-state index contributed by atoms with van der Waals surface area (Å²) in [5, 5.41) is 14.0. The van der Waals surface area contributed by atoms with Crippen LogP contribution in [0.15, 0.2) is 30.3 Å².